The van der Waals surface area contributed by atoms with E-state index in [1.165, 1.54) is 82.4 Å². The lowest BCUT2D eigenvalue weighted by atomic mass is 9.79. The van der Waals surface area contributed by atoms with E-state index in [0.717, 1.165) is 158 Å². The molecule has 6 heterocycles. The van der Waals surface area contributed by atoms with E-state index < -0.39 is 5.79 Å². The van der Waals surface area contributed by atoms with Gasteiger partial charge in [-0.1, -0.05) is 90.6 Å². The van der Waals surface area contributed by atoms with Crippen molar-refractivity contribution in [3.8, 4) is 22.4 Å². The fourth-order valence-corrected chi connectivity index (χ4v) is 15.7. The third-order valence-electron chi connectivity index (χ3n) is 20.2. The zero-order valence-corrected chi connectivity index (χ0v) is 52.1. The minimum atomic E-state index is -2.00. The number of ketones is 1. The number of aliphatic hydroxyl groups is 2. The summed E-state index contributed by atoms with van der Waals surface area (Å²) in [6, 6.07) is 20.2. The minimum Gasteiger partial charge on any atom is -0.379 e. The molecule has 2 aromatic carbocycles. The van der Waals surface area contributed by atoms with Crippen molar-refractivity contribution in [3.63, 3.8) is 0 Å². The largest absolute Gasteiger partial charge is 0.379 e. The molecule has 13 nitrogen and oxygen atoms in total. The molecule has 6 atom stereocenters. The predicted octanol–water partition coefficient (Wildman–Crippen LogP) is 11.0. The van der Waals surface area contributed by atoms with Gasteiger partial charge >= 0.3 is 0 Å². The Morgan fingerprint density at radius 3 is 2.31 bits per heavy atom. The molecule has 4 aromatic rings. The van der Waals surface area contributed by atoms with Gasteiger partial charge < -0.3 is 39.7 Å². The van der Waals surface area contributed by atoms with Crippen LogP contribution in [-0.4, -0.2) is 159 Å². The van der Waals surface area contributed by atoms with Crippen LogP contribution in [0.4, 0.5) is 5.69 Å². The number of likely N-dealkylation sites (N-methyl/N-ethyl adjacent to an activating group) is 2. The summed E-state index contributed by atoms with van der Waals surface area (Å²) in [4.78, 5) is 31.2. The summed E-state index contributed by atoms with van der Waals surface area (Å²) in [5.41, 5.74) is 16.3. The number of hydrogen-bond donors (Lipinski definition) is 4. The van der Waals surface area contributed by atoms with Gasteiger partial charge in [-0.25, -0.2) is 5.43 Å². The average molecular weight is 1130 g/mol. The fourth-order valence-electron chi connectivity index (χ4n) is 15.7. The van der Waals surface area contributed by atoms with E-state index in [2.05, 4.69) is 142 Å². The number of Topliss-reactive ketones (excluding diaryl/α,β-unsaturated/α-hetero) is 1. The molecule has 0 spiro atoms. The van der Waals surface area contributed by atoms with Crippen LogP contribution >= 0.6 is 0 Å². The Morgan fingerprint density at radius 1 is 0.892 bits per heavy atom. The van der Waals surface area contributed by atoms with Crippen LogP contribution in [0.1, 0.15) is 148 Å². The fraction of sp³-hybridized carbons (Fsp3) is 0.629. The van der Waals surface area contributed by atoms with Crippen LogP contribution in [0.15, 0.2) is 91.6 Å². The topological polar surface area (TPSA) is 119 Å². The Morgan fingerprint density at radius 2 is 1.64 bits per heavy atom. The third kappa shape index (κ3) is 13.8. The molecule has 4 saturated heterocycles. The number of carbonyl (C=O) groups excluding carboxylic acids is 1. The van der Waals surface area contributed by atoms with Crippen molar-refractivity contribution < 1.29 is 15.0 Å². The molecular weight excluding hydrogens is 1030 g/mol. The average Bonchev–Trinajstić information content (AvgIpc) is 4.00. The second-order valence-electron chi connectivity index (χ2n) is 28.3. The molecule has 0 amide bonds. The van der Waals surface area contributed by atoms with Crippen molar-refractivity contribution in [3.05, 3.63) is 108 Å². The standard InChI is InChI=1S/C70H102N10O3/c1-46(2)64-60(40-58(43-71-64)77-35-33-76(34-36-77)57-24-25-57)68-61(42-69(7,8)41-47(3)81)59-39-56(23-26-63(59)79(68)45-70(9,82)83)55-20-16-17-52(37-55)38-62(49(5)80-30-15-14-29-72-80)73-48(4)65(53-18-12-13-19-53)74(10)31-27-51-28-32-78(44-51)50(6)66-67(75(66)11)54-21-22-54/h16-17,20,23,26,37,39-40,43,46,51,53-54,57,62,65-67,72-73,82-83H,4-6,12-15,18-19,21-22,24-25,27-36,38,41-42,44-45H2,1-3,7-11H3. The molecule has 6 unspecified atom stereocenters. The van der Waals surface area contributed by atoms with Gasteiger partial charge in [-0.05, 0) is 181 Å². The van der Waals surface area contributed by atoms with Crippen molar-refractivity contribution in [2.45, 2.75) is 186 Å². The number of piperazine rings is 1. The van der Waals surface area contributed by atoms with Crippen LogP contribution in [0.2, 0.25) is 0 Å². The first-order valence-corrected chi connectivity index (χ1v) is 32.4. The van der Waals surface area contributed by atoms with Crippen LogP contribution in [0.25, 0.3) is 33.3 Å². The summed E-state index contributed by atoms with van der Waals surface area (Å²) in [5, 5.41) is 30.2. The van der Waals surface area contributed by atoms with E-state index in [9.17, 15) is 15.0 Å². The van der Waals surface area contributed by atoms with Gasteiger partial charge in [0, 0.05) is 104 Å². The molecule has 4 N–H and O–H groups in total. The van der Waals surface area contributed by atoms with Crippen molar-refractivity contribution in [1.82, 2.24) is 44.9 Å². The van der Waals surface area contributed by atoms with Crippen molar-refractivity contribution in [2.75, 3.05) is 77.9 Å². The van der Waals surface area contributed by atoms with Gasteiger partial charge in [0.15, 0.2) is 5.79 Å². The lowest BCUT2D eigenvalue weighted by Crippen LogP contribution is -2.51. The highest BCUT2D eigenvalue weighted by Gasteiger charge is 2.55. The number of anilines is 1. The molecule has 83 heavy (non-hydrogen) atoms. The minimum absolute atomic E-state index is 0.0374. The maximum absolute atomic E-state index is 13.0. The summed E-state index contributed by atoms with van der Waals surface area (Å²) >= 11 is 0. The highest BCUT2D eigenvalue weighted by Crippen LogP contribution is 2.49. The number of pyridine rings is 1. The van der Waals surface area contributed by atoms with E-state index in [1.54, 1.807) is 6.92 Å². The van der Waals surface area contributed by atoms with E-state index in [-0.39, 0.29) is 35.7 Å². The lowest BCUT2D eigenvalue weighted by Gasteiger charge is -2.40. The maximum atomic E-state index is 13.0. The predicted molar refractivity (Wildman–Crippen MR) is 340 cm³/mol. The molecule has 13 heteroatoms. The number of fused-ring (bicyclic) bond motifs is 1. The molecule has 3 aliphatic carbocycles. The molecule has 0 bridgehead atoms. The van der Waals surface area contributed by atoms with Crippen molar-refractivity contribution >= 4 is 22.4 Å². The quantitative estimate of drug-likeness (QED) is 0.0354. The van der Waals surface area contributed by atoms with Crippen molar-refractivity contribution in [1.29, 1.82) is 0 Å². The molecule has 11 rings (SSSR count). The molecule has 450 valence electrons. The second kappa shape index (κ2) is 24.8. The molecule has 2 aromatic heterocycles. The number of likely N-dealkylation sites (tertiary alicyclic amines) is 1. The number of benzene rings is 2. The number of rotatable bonds is 26. The first kappa shape index (κ1) is 59.7. The van der Waals surface area contributed by atoms with Crippen molar-refractivity contribution in [2.24, 2.45) is 23.2 Å². The van der Waals surface area contributed by atoms with Crippen LogP contribution in [0.5, 0.6) is 0 Å². The van der Waals surface area contributed by atoms with Crippen LogP contribution in [0.3, 0.4) is 0 Å². The highest BCUT2D eigenvalue weighted by molar-refractivity contribution is 5.96. The van der Waals surface area contributed by atoms with E-state index >= 15 is 0 Å². The maximum Gasteiger partial charge on any atom is 0.178 e. The smallest absolute Gasteiger partial charge is 0.178 e. The zero-order chi connectivity index (χ0) is 58.5. The van der Waals surface area contributed by atoms with Gasteiger partial charge in [-0.2, -0.15) is 0 Å². The number of aromatic nitrogens is 2. The first-order valence-electron chi connectivity index (χ1n) is 32.4. The number of hydrogen-bond acceptors (Lipinski definition) is 12. The Kier molecular flexibility index (Phi) is 17.8. The SMILES string of the molecule is C=C(NC(Cc1cccc(-c2ccc3c(c2)c(CC(C)(C)CC(C)=O)c(-c2cc(N4CCN(C5CC5)CC4)cnc2C(C)C)n3CC(C)(O)O)c1)C(=C)N1CCCCN1)C(C1CCCC1)N(C)CCC1CCN(C(=C)C2C(C3CC3)N2C)C1. The Hall–Kier alpha value is -5.02. The molecule has 7 fully saturated rings. The Bertz CT molecular complexity index is 2980. The number of nitrogens with one attached hydrogen (secondary N) is 2. The van der Waals surface area contributed by atoms with Gasteiger partial charge in [0.2, 0.25) is 0 Å². The molecule has 3 saturated carbocycles. The van der Waals surface area contributed by atoms with Gasteiger partial charge in [-0.3, -0.25) is 19.7 Å². The molecule has 7 aliphatic rings. The Labute approximate surface area is 498 Å². The van der Waals surface area contributed by atoms with Gasteiger partial charge in [0.25, 0.3) is 0 Å². The zero-order valence-electron chi connectivity index (χ0n) is 52.1. The second-order valence-corrected chi connectivity index (χ2v) is 28.3. The monoisotopic (exact) mass is 1130 g/mol. The highest BCUT2D eigenvalue weighted by atomic mass is 16.5. The summed E-state index contributed by atoms with van der Waals surface area (Å²) in [5.74, 6) is 0.381. The van der Waals surface area contributed by atoms with Gasteiger partial charge in [0.05, 0.1) is 47.9 Å². The number of hydrazine groups is 1. The van der Waals surface area contributed by atoms with Gasteiger partial charge in [0.1, 0.15) is 5.78 Å². The van der Waals surface area contributed by atoms with Gasteiger partial charge in [-0.15, -0.1) is 0 Å². The molecule has 4 aliphatic heterocycles. The van der Waals surface area contributed by atoms with Crippen LogP contribution < -0.4 is 15.6 Å². The van der Waals surface area contributed by atoms with Crippen LogP contribution in [0, 0.1) is 23.2 Å². The summed E-state index contributed by atoms with van der Waals surface area (Å²) in [7, 11) is 4.65. The number of nitrogens with zero attached hydrogens (tertiary/aromatic N) is 8. The van der Waals surface area contributed by atoms with E-state index in [4.69, 9.17) is 18.1 Å². The van der Waals surface area contributed by atoms with E-state index in [1.807, 2.05) is 6.20 Å². The summed E-state index contributed by atoms with van der Waals surface area (Å²) in [6.45, 7) is 35.5. The summed E-state index contributed by atoms with van der Waals surface area (Å²) in [6.07, 6.45) is 18.9. The summed E-state index contributed by atoms with van der Waals surface area (Å²) < 4.78 is 2.13. The first-order chi connectivity index (χ1) is 39.7. The normalized spacial score (nSPS) is 23.6. The van der Waals surface area contributed by atoms with Crippen LogP contribution in [-0.2, 0) is 24.2 Å². The Balaban J connectivity index is 0.889. The lowest BCUT2D eigenvalue weighted by molar-refractivity contribution is -0.153. The van der Waals surface area contributed by atoms with E-state index in [0.29, 0.717) is 30.7 Å². The molecule has 0 radical (unpaired) electrons. The number of carbonyl (C=O) groups is 1. The molecular formula is C70H102N10O3. The third-order valence-corrected chi connectivity index (χ3v) is 20.2.